The number of hydrogen-bond donors (Lipinski definition) is 1. The molecule has 0 atom stereocenters. The molecule has 3 heteroatoms. The fourth-order valence-corrected chi connectivity index (χ4v) is 1.25. The van der Waals surface area contributed by atoms with Gasteiger partial charge in [-0.05, 0) is 28.7 Å². The molecule has 0 aliphatic rings. The maximum atomic E-state index is 4.26. The molecular formula is C6H6BIS. The number of hydrogen-bond acceptors (Lipinski definition) is 1. The van der Waals surface area contributed by atoms with Crippen molar-refractivity contribution in [2.75, 3.05) is 0 Å². The summed E-state index contributed by atoms with van der Waals surface area (Å²) in [5.41, 5.74) is 1.29. The molecule has 1 aromatic rings. The van der Waals surface area contributed by atoms with Crippen LogP contribution >= 0.6 is 35.2 Å². The maximum Gasteiger partial charge on any atom is 0.140 e. The van der Waals surface area contributed by atoms with Crippen molar-refractivity contribution in [1.29, 1.82) is 0 Å². The van der Waals surface area contributed by atoms with Crippen molar-refractivity contribution in [2.24, 2.45) is 0 Å². The van der Waals surface area contributed by atoms with E-state index < -0.39 is 0 Å². The van der Waals surface area contributed by atoms with Gasteiger partial charge in [-0.3, -0.25) is 0 Å². The van der Waals surface area contributed by atoms with Crippen molar-refractivity contribution in [3.05, 3.63) is 21.8 Å². The van der Waals surface area contributed by atoms with Crippen LogP contribution in [0.15, 0.2) is 23.1 Å². The second kappa shape index (κ2) is 2.97. The van der Waals surface area contributed by atoms with E-state index >= 15 is 0 Å². The highest BCUT2D eigenvalue weighted by Crippen LogP contribution is 2.11. The highest BCUT2D eigenvalue weighted by Gasteiger charge is 1.94. The van der Waals surface area contributed by atoms with Crippen LogP contribution in [-0.2, 0) is 0 Å². The Kier molecular flexibility index (Phi) is 2.46. The molecule has 0 radical (unpaired) electrons. The molecule has 46 valence electrons. The van der Waals surface area contributed by atoms with Crippen molar-refractivity contribution in [1.82, 2.24) is 0 Å². The molecule has 0 aliphatic carbocycles. The third-order valence-corrected chi connectivity index (χ3v) is 3.40. The van der Waals surface area contributed by atoms with Gasteiger partial charge in [0.2, 0.25) is 0 Å². The second-order valence-electron chi connectivity index (χ2n) is 1.91. The summed E-state index contributed by atoms with van der Waals surface area (Å²) in [4.78, 5) is 1.07. The first kappa shape index (κ1) is 7.47. The van der Waals surface area contributed by atoms with Gasteiger partial charge in [-0.25, -0.2) is 0 Å². The largest absolute Gasteiger partial charge is 0.142 e. The molecule has 0 N–H and O–H groups in total. The van der Waals surface area contributed by atoms with Crippen molar-refractivity contribution in [3.63, 3.8) is 0 Å². The van der Waals surface area contributed by atoms with Crippen molar-refractivity contribution in [3.8, 4) is 0 Å². The van der Waals surface area contributed by atoms with Gasteiger partial charge in [-0.1, -0.05) is 17.6 Å². The molecule has 0 spiro atoms. The predicted octanol–water partition coefficient (Wildman–Crippen LogP) is 0.838. The van der Waals surface area contributed by atoms with E-state index in [1.807, 2.05) is 12.1 Å². The highest BCUT2D eigenvalue weighted by molar-refractivity contribution is 14.1. The Morgan fingerprint density at radius 1 is 1.44 bits per heavy atom. The van der Waals surface area contributed by atoms with Crippen LogP contribution in [0.25, 0.3) is 0 Å². The van der Waals surface area contributed by atoms with E-state index in [4.69, 9.17) is 0 Å². The van der Waals surface area contributed by atoms with Crippen molar-refractivity contribution < 1.29 is 0 Å². The van der Waals surface area contributed by atoms with E-state index in [-0.39, 0.29) is 0 Å². The third-order valence-electron chi connectivity index (χ3n) is 1.17. The Labute approximate surface area is 75.0 Å². The minimum atomic E-state index is 1.07. The average Bonchev–Trinajstić information content (AvgIpc) is 1.83. The summed E-state index contributed by atoms with van der Waals surface area (Å²) in [6.07, 6.45) is 0. The van der Waals surface area contributed by atoms with Crippen LogP contribution in [0.1, 0.15) is 0 Å². The molecule has 0 saturated heterocycles. The first-order valence-corrected chi connectivity index (χ1v) is 4.18. The van der Waals surface area contributed by atoms with Crippen LogP contribution in [0, 0.1) is 3.57 Å². The van der Waals surface area contributed by atoms with Crippen molar-refractivity contribution >= 4 is 48.5 Å². The molecule has 0 fully saturated rings. The van der Waals surface area contributed by atoms with Crippen molar-refractivity contribution in [2.45, 2.75) is 4.90 Å². The van der Waals surface area contributed by atoms with E-state index in [0.29, 0.717) is 0 Å². The zero-order chi connectivity index (χ0) is 6.85. The predicted molar refractivity (Wildman–Crippen MR) is 54.6 cm³/mol. The summed E-state index contributed by atoms with van der Waals surface area (Å²) in [6.45, 7) is 0. The van der Waals surface area contributed by atoms with Gasteiger partial charge in [-0.2, -0.15) is 0 Å². The highest BCUT2D eigenvalue weighted by atomic mass is 127. The quantitative estimate of drug-likeness (QED) is 0.392. The second-order valence-corrected chi connectivity index (χ2v) is 3.47. The molecule has 1 rings (SSSR count). The molecule has 0 amide bonds. The fraction of sp³-hybridized carbons (Fsp3) is 0. The van der Waals surface area contributed by atoms with Crippen LogP contribution < -0.4 is 5.46 Å². The van der Waals surface area contributed by atoms with Gasteiger partial charge in [0, 0.05) is 8.47 Å². The fourth-order valence-electron chi connectivity index (χ4n) is 0.632. The van der Waals surface area contributed by atoms with Gasteiger partial charge in [-0.15, -0.1) is 12.6 Å². The van der Waals surface area contributed by atoms with E-state index in [1.165, 1.54) is 9.03 Å². The van der Waals surface area contributed by atoms with Gasteiger partial charge in [0.05, 0.1) is 0 Å². The SMILES string of the molecule is Bc1cccc(S)c1I. The van der Waals surface area contributed by atoms with E-state index in [1.54, 1.807) is 0 Å². The van der Waals surface area contributed by atoms with Crippen LogP contribution in [0.4, 0.5) is 0 Å². The van der Waals surface area contributed by atoms with Crippen LogP contribution in [0.5, 0.6) is 0 Å². The lowest BCUT2D eigenvalue weighted by molar-refractivity contribution is 1.45. The zero-order valence-corrected chi connectivity index (χ0v) is 8.11. The lowest BCUT2D eigenvalue weighted by Gasteiger charge is -1.98. The van der Waals surface area contributed by atoms with Crippen LogP contribution in [-0.4, -0.2) is 7.85 Å². The molecule has 0 aliphatic heterocycles. The number of benzene rings is 1. The molecule has 0 unspecified atom stereocenters. The summed E-state index contributed by atoms with van der Waals surface area (Å²) in [5.74, 6) is 0. The topological polar surface area (TPSA) is 0 Å². The number of halogens is 1. The molecule has 0 heterocycles. The smallest absolute Gasteiger partial charge is 0.140 e. The van der Waals surface area contributed by atoms with Gasteiger partial charge in [0.25, 0.3) is 0 Å². The summed E-state index contributed by atoms with van der Waals surface area (Å²) in [5, 5.41) is 0. The summed E-state index contributed by atoms with van der Waals surface area (Å²) in [7, 11) is 2.08. The Morgan fingerprint density at radius 2 is 2.11 bits per heavy atom. The monoisotopic (exact) mass is 248 g/mol. The molecule has 0 bridgehead atoms. The third kappa shape index (κ3) is 1.64. The summed E-state index contributed by atoms with van der Waals surface area (Å²) < 4.78 is 1.25. The Balaban J connectivity index is 3.25. The van der Waals surface area contributed by atoms with E-state index in [2.05, 4.69) is 49.1 Å². The van der Waals surface area contributed by atoms with Gasteiger partial charge >= 0.3 is 0 Å². The minimum Gasteiger partial charge on any atom is -0.142 e. The zero-order valence-electron chi connectivity index (χ0n) is 5.06. The van der Waals surface area contributed by atoms with Crippen LogP contribution in [0.2, 0.25) is 0 Å². The Hall–Kier alpha value is 0.365. The Morgan fingerprint density at radius 3 is 2.56 bits per heavy atom. The van der Waals surface area contributed by atoms with E-state index in [9.17, 15) is 0 Å². The molecule has 0 nitrogen and oxygen atoms in total. The average molecular weight is 248 g/mol. The standard InChI is InChI=1S/C6H6BIS/c7-4-2-1-3-5(9)6(4)8/h1-3,9H,7H2. The minimum absolute atomic E-state index is 1.07. The Bertz CT molecular complexity index is 204. The molecule has 0 saturated carbocycles. The van der Waals surface area contributed by atoms with Gasteiger partial charge < -0.3 is 0 Å². The summed E-state index contributed by atoms with van der Waals surface area (Å²) in [6, 6.07) is 6.10. The molecule has 9 heavy (non-hydrogen) atoms. The molecular weight excluding hydrogens is 242 g/mol. The van der Waals surface area contributed by atoms with Crippen LogP contribution in [0.3, 0.4) is 0 Å². The first-order chi connectivity index (χ1) is 4.22. The number of thiol groups is 1. The maximum absolute atomic E-state index is 4.26. The summed E-state index contributed by atoms with van der Waals surface area (Å²) >= 11 is 6.55. The normalized spacial score (nSPS) is 9.56. The molecule has 0 aromatic heterocycles. The number of rotatable bonds is 0. The van der Waals surface area contributed by atoms with Gasteiger partial charge in [0.15, 0.2) is 0 Å². The van der Waals surface area contributed by atoms with Gasteiger partial charge in [0.1, 0.15) is 7.85 Å². The van der Waals surface area contributed by atoms with E-state index in [0.717, 1.165) is 4.90 Å². The lowest BCUT2D eigenvalue weighted by Crippen LogP contribution is -2.06. The first-order valence-electron chi connectivity index (χ1n) is 2.66. The molecule has 1 aromatic carbocycles. The lowest BCUT2D eigenvalue weighted by atomic mass is 9.97.